The molecule has 0 radical (unpaired) electrons. The molecule has 0 unspecified atom stereocenters. The Labute approximate surface area is 122 Å². The number of hydrogen-bond acceptors (Lipinski definition) is 3. The summed E-state index contributed by atoms with van der Waals surface area (Å²) in [6.45, 7) is -0.168. The van der Waals surface area contributed by atoms with Crippen molar-refractivity contribution in [2.24, 2.45) is 0 Å². The summed E-state index contributed by atoms with van der Waals surface area (Å²) >= 11 is 5.75. The van der Waals surface area contributed by atoms with Gasteiger partial charge in [-0.3, -0.25) is 10.1 Å². The summed E-state index contributed by atoms with van der Waals surface area (Å²) < 4.78 is 39.3. The molecule has 0 fully saturated rings. The zero-order valence-electron chi connectivity index (χ0n) is 10.4. The molecule has 0 saturated heterocycles. The fourth-order valence-corrected chi connectivity index (χ4v) is 1.92. The largest absolute Gasteiger partial charge is 0.378 e. The van der Waals surface area contributed by atoms with E-state index in [2.05, 4.69) is 5.32 Å². The quantitative estimate of drug-likeness (QED) is 0.520. The third-order valence-electron chi connectivity index (χ3n) is 2.72. The molecule has 0 spiro atoms. The van der Waals surface area contributed by atoms with Crippen LogP contribution in [0.4, 0.5) is 24.5 Å². The maximum Gasteiger partial charge on any atom is 0.274 e. The molecule has 0 atom stereocenters. The van der Waals surface area contributed by atoms with E-state index in [1.165, 1.54) is 18.2 Å². The van der Waals surface area contributed by atoms with Crippen LogP contribution in [0, 0.1) is 27.6 Å². The van der Waals surface area contributed by atoms with Gasteiger partial charge in [0.25, 0.3) is 5.69 Å². The number of nitrogens with zero attached hydrogens (tertiary/aromatic N) is 1. The molecule has 1 N–H and O–H groups in total. The number of halogens is 4. The van der Waals surface area contributed by atoms with E-state index >= 15 is 0 Å². The Morgan fingerprint density at radius 3 is 2.43 bits per heavy atom. The van der Waals surface area contributed by atoms with Crippen LogP contribution in [-0.2, 0) is 6.54 Å². The summed E-state index contributed by atoms with van der Waals surface area (Å²) in [7, 11) is 0. The molecule has 0 aromatic heterocycles. The minimum atomic E-state index is -1.31. The first-order chi connectivity index (χ1) is 9.88. The van der Waals surface area contributed by atoms with Gasteiger partial charge in [0, 0.05) is 29.8 Å². The predicted molar refractivity (Wildman–Crippen MR) is 71.7 cm³/mol. The molecule has 0 aliphatic carbocycles. The summed E-state index contributed by atoms with van der Waals surface area (Å²) in [5.74, 6) is -3.54. The highest BCUT2D eigenvalue weighted by molar-refractivity contribution is 6.30. The lowest BCUT2D eigenvalue weighted by Crippen LogP contribution is -2.05. The number of anilines is 1. The lowest BCUT2D eigenvalue weighted by Gasteiger charge is -2.09. The van der Waals surface area contributed by atoms with E-state index in [0.717, 1.165) is 0 Å². The van der Waals surface area contributed by atoms with Gasteiger partial charge in [0.05, 0.1) is 16.2 Å². The van der Waals surface area contributed by atoms with Crippen LogP contribution in [0.25, 0.3) is 0 Å². The number of hydrogen-bond donors (Lipinski definition) is 1. The van der Waals surface area contributed by atoms with Crippen LogP contribution in [0.3, 0.4) is 0 Å². The zero-order chi connectivity index (χ0) is 15.6. The first-order valence-corrected chi connectivity index (χ1v) is 6.07. The number of nitro groups is 1. The van der Waals surface area contributed by atoms with Crippen LogP contribution in [0.2, 0.25) is 5.02 Å². The van der Waals surface area contributed by atoms with Crippen LogP contribution in [0.15, 0.2) is 30.3 Å². The Morgan fingerprint density at radius 2 is 1.76 bits per heavy atom. The van der Waals surface area contributed by atoms with Crippen molar-refractivity contribution in [3.63, 3.8) is 0 Å². The summed E-state index contributed by atoms with van der Waals surface area (Å²) in [6, 6.07) is 4.93. The van der Waals surface area contributed by atoms with Crippen molar-refractivity contribution < 1.29 is 18.1 Å². The van der Waals surface area contributed by atoms with E-state index in [0.29, 0.717) is 12.1 Å². The van der Waals surface area contributed by atoms with Gasteiger partial charge >= 0.3 is 0 Å². The Bertz CT molecular complexity index is 710. The Hall–Kier alpha value is -2.28. The van der Waals surface area contributed by atoms with Crippen LogP contribution in [-0.4, -0.2) is 4.92 Å². The minimum Gasteiger partial charge on any atom is -0.378 e. The van der Waals surface area contributed by atoms with Gasteiger partial charge in [-0.05, 0) is 12.1 Å². The molecular formula is C13H8ClF3N2O2. The number of nitro benzene ring substituents is 1. The molecule has 21 heavy (non-hydrogen) atoms. The molecule has 2 aromatic carbocycles. The molecule has 8 heteroatoms. The van der Waals surface area contributed by atoms with E-state index in [-0.39, 0.29) is 28.5 Å². The van der Waals surface area contributed by atoms with Crippen molar-refractivity contribution in [2.45, 2.75) is 6.54 Å². The summed E-state index contributed by atoms with van der Waals surface area (Å²) in [5.41, 5.74) is -0.324. The SMILES string of the molecule is O=[N+]([O-])c1ccc(Cl)cc1CNc1cc(F)c(F)cc1F. The summed E-state index contributed by atoms with van der Waals surface area (Å²) in [6.07, 6.45) is 0. The van der Waals surface area contributed by atoms with E-state index in [9.17, 15) is 23.3 Å². The highest BCUT2D eigenvalue weighted by Crippen LogP contribution is 2.25. The molecule has 0 bridgehead atoms. The van der Waals surface area contributed by atoms with Crippen molar-refractivity contribution >= 4 is 23.0 Å². The van der Waals surface area contributed by atoms with Gasteiger partial charge in [-0.2, -0.15) is 0 Å². The second kappa shape index (κ2) is 6.01. The summed E-state index contributed by atoms with van der Waals surface area (Å²) in [5, 5.41) is 13.6. The average Bonchev–Trinajstić information content (AvgIpc) is 2.41. The lowest BCUT2D eigenvalue weighted by atomic mass is 10.1. The van der Waals surface area contributed by atoms with Gasteiger partial charge in [-0.25, -0.2) is 13.2 Å². The Balaban J connectivity index is 2.26. The van der Waals surface area contributed by atoms with E-state index in [4.69, 9.17) is 11.6 Å². The Morgan fingerprint density at radius 1 is 1.10 bits per heavy atom. The molecule has 0 saturated carbocycles. The maximum atomic E-state index is 13.4. The van der Waals surface area contributed by atoms with E-state index in [1.54, 1.807) is 0 Å². The second-order valence-electron chi connectivity index (χ2n) is 4.13. The fourth-order valence-electron chi connectivity index (χ4n) is 1.72. The minimum absolute atomic E-state index is 0.168. The highest BCUT2D eigenvalue weighted by Gasteiger charge is 2.15. The number of rotatable bonds is 4. The average molecular weight is 317 g/mol. The smallest absolute Gasteiger partial charge is 0.274 e. The van der Waals surface area contributed by atoms with Crippen molar-refractivity contribution in [1.82, 2.24) is 0 Å². The van der Waals surface area contributed by atoms with Crippen molar-refractivity contribution in [1.29, 1.82) is 0 Å². The van der Waals surface area contributed by atoms with Gasteiger partial charge < -0.3 is 5.32 Å². The zero-order valence-corrected chi connectivity index (χ0v) is 11.1. The molecule has 0 amide bonds. The number of benzene rings is 2. The first kappa shape index (κ1) is 15.1. The molecule has 0 aliphatic rings. The topological polar surface area (TPSA) is 55.2 Å². The van der Waals surface area contributed by atoms with Crippen LogP contribution >= 0.6 is 11.6 Å². The summed E-state index contributed by atoms with van der Waals surface area (Å²) in [4.78, 5) is 10.2. The molecule has 110 valence electrons. The van der Waals surface area contributed by atoms with Crippen molar-refractivity contribution in [3.8, 4) is 0 Å². The van der Waals surface area contributed by atoms with Gasteiger partial charge in [0.15, 0.2) is 11.6 Å². The standard InChI is InChI=1S/C13H8ClF3N2O2/c14-8-1-2-13(19(20)21)7(3-8)6-18-12-5-10(16)9(15)4-11(12)17/h1-5,18H,6H2. The fraction of sp³-hybridized carbons (Fsp3) is 0.0769. The van der Waals surface area contributed by atoms with E-state index < -0.39 is 22.4 Å². The Kier molecular flexibility index (Phi) is 4.32. The molecule has 0 aliphatic heterocycles. The first-order valence-electron chi connectivity index (χ1n) is 5.69. The second-order valence-corrected chi connectivity index (χ2v) is 4.57. The van der Waals surface area contributed by atoms with Crippen LogP contribution in [0.1, 0.15) is 5.56 Å². The van der Waals surface area contributed by atoms with Crippen LogP contribution < -0.4 is 5.32 Å². The monoisotopic (exact) mass is 316 g/mol. The third kappa shape index (κ3) is 3.43. The predicted octanol–water partition coefficient (Wildman–Crippen LogP) is 4.28. The molecule has 4 nitrogen and oxygen atoms in total. The normalized spacial score (nSPS) is 10.5. The van der Waals surface area contributed by atoms with Gasteiger partial charge in [0.1, 0.15) is 5.82 Å². The number of nitrogens with one attached hydrogen (secondary N) is 1. The highest BCUT2D eigenvalue weighted by atomic mass is 35.5. The van der Waals surface area contributed by atoms with Gasteiger partial charge in [0.2, 0.25) is 0 Å². The van der Waals surface area contributed by atoms with Crippen molar-refractivity contribution in [2.75, 3.05) is 5.32 Å². The van der Waals surface area contributed by atoms with Gasteiger partial charge in [-0.1, -0.05) is 11.6 Å². The maximum absolute atomic E-state index is 13.4. The molecular weight excluding hydrogens is 309 g/mol. The molecule has 2 rings (SSSR count). The lowest BCUT2D eigenvalue weighted by molar-refractivity contribution is -0.385. The van der Waals surface area contributed by atoms with Crippen LogP contribution in [0.5, 0.6) is 0 Å². The van der Waals surface area contributed by atoms with Crippen molar-refractivity contribution in [3.05, 3.63) is 68.5 Å². The molecule has 2 aromatic rings. The van der Waals surface area contributed by atoms with E-state index in [1.807, 2.05) is 0 Å². The molecule has 0 heterocycles. The third-order valence-corrected chi connectivity index (χ3v) is 2.95. The van der Waals surface area contributed by atoms with Gasteiger partial charge in [-0.15, -0.1) is 0 Å².